The van der Waals surface area contributed by atoms with Gasteiger partial charge in [-0.1, -0.05) is 6.42 Å². The van der Waals surface area contributed by atoms with Crippen molar-refractivity contribution in [2.75, 3.05) is 18.8 Å². The lowest BCUT2D eigenvalue weighted by atomic mass is 10.1. The lowest BCUT2D eigenvalue weighted by Crippen LogP contribution is -2.32. The van der Waals surface area contributed by atoms with Crippen molar-refractivity contribution in [1.29, 1.82) is 0 Å². The van der Waals surface area contributed by atoms with E-state index >= 15 is 0 Å². The van der Waals surface area contributed by atoms with Gasteiger partial charge in [0.05, 0.1) is 5.56 Å². The van der Waals surface area contributed by atoms with Gasteiger partial charge in [0.1, 0.15) is 11.6 Å². The molecule has 0 unspecified atom stereocenters. The molecule has 1 aliphatic heterocycles. The van der Waals surface area contributed by atoms with Crippen molar-refractivity contribution in [3.05, 3.63) is 21.7 Å². The van der Waals surface area contributed by atoms with Gasteiger partial charge >= 0.3 is 0 Å². The summed E-state index contributed by atoms with van der Waals surface area (Å²) in [5, 5.41) is 0. The third kappa shape index (κ3) is 2.41. The van der Waals surface area contributed by atoms with Crippen LogP contribution in [-0.4, -0.2) is 28.0 Å². The van der Waals surface area contributed by atoms with Crippen LogP contribution in [0.25, 0.3) is 0 Å². The van der Waals surface area contributed by atoms with E-state index in [1.54, 1.807) is 6.92 Å². The Balaban J connectivity index is 2.17. The van der Waals surface area contributed by atoms with Gasteiger partial charge in [0.25, 0.3) is 5.56 Å². The molecule has 2 rings (SSSR count). The Morgan fingerprint density at radius 2 is 2.06 bits per heavy atom. The fourth-order valence-corrected chi connectivity index (χ4v) is 2.13. The third-order valence-electron chi connectivity index (χ3n) is 3.00. The fraction of sp³-hybridized carbons (Fsp3) is 0.636. The minimum Gasteiger partial charge on any atom is -0.383 e. The molecule has 5 nitrogen and oxygen atoms in total. The highest BCUT2D eigenvalue weighted by atomic mass is 16.1. The van der Waals surface area contributed by atoms with E-state index in [-0.39, 0.29) is 5.56 Å². The predicted octanol–water partition coefficient (Wildman–Crippen LogP) is 0.646. The van der Waals surface area contributed by atoms with E-state index in [4.69, 9.17) is 5.73 Å². The van der Waals surface area contributed by atoms with Gasteiger partial charge in [-0.25, -0.2) is 4.98 Å². The first-order valence-electron chi connectivity index (χ1n) is 5.74. The first-order chi connectivity index (χ1) is 7.66. The quantitative estimate of drug-likeness (QED) is 0.770. The molecule has 16 heavy (non-hydrogen) atoms. The van der Waals surface area contributed by atoms with Gasteiger partial charge in [-0.2, -0.15) is 0 Å². The highest BCUT2D eigenvalue weighted by Crippen LogP contribution is 2.13. The number of hydrogen-bond donors (Lipinski definition) is 2. The second-order valence-electron chi connectivity index (χ2n) is 4.35. The number of nitrogen functional groups attached to an aromatic ring is 1. The number of nitrogens with one attached hydrogen (secondary N) is 1. The van der Waals surface area contributed by atoms with E-state index in [0.29, 0.717) is 23.8 Å². The average molecular weight is 222 g/mol. The molecular weight excluding hydrogens is 204 g/mol. The summed E-state index contributed by atoms with van der Waals surface area (Å²) in [7, 11) is 0. The number of likely N-dealkylation sites (tertiary alicyclic amines) is 1. The van der Waals surface area contributed by atoms with E-state index in [1.165, 1.54) is 19.3 Å². The van der Waals surface area contributed by atoms with Crippen LogP contribution in [0.1, 0.15) is 30.7 Å². The minimum absolute atomic E-state index is 0.101. The molecule has 0 atom stereocenters. The Morgan fingerprint density at radius 1 is 1.38 bits per heavy atom. The van der Waals surface area contributed by atoms with Gasteiger partial charge in [0.15, 0.2) is 0 Å². The lowest BCUT2D eigenvalue weighted by Gasteiger charge is -2.26. The van der Waals surface area contributed by atoms with Crippen LogP contribution in [-0.2, 0) is 6.54 Å². The molecule has 0 saturated carbocycles. The van der Waals surface area contributed by atoms with Gasteiger partial charge in [-0.15, -0.1) is 0 Å². The Hall–Kier alpha value is -1.36. The van der Waals surface area contributed by atoms with E-state index < -0.39 is 0 Å². The number of anilines is 1. The zero-order chi connectivity index (χ0) is 11.5. The van der Waals surface area contributed by atoms with Crippen molar-refractivity contribution in [2.45, 2.75) is 32.7 Å². The molecule has 0 aromatic carbocycles. The second kappa shape index (κ2) is 4.65. The Labute approximate surface area is 94.7 Å². The highest BCUT2D eigenvalue weighted by Gasteiger charge is 2.15. The van der Waals surface area contributed by atoms with Crippen LogP contribution in [0.2, 0.25) is 0 Å². The summed E-state index contributed by atoms with van der Waals surface area (Å²) in [4.78, 5) is 20.8. The van der Waals surface area contributed by atoms with Crippen LogP contribution in [0.15, 0.2) is 4.79 Å². The predicted molar refractivity (Wildman–Crippen MR) is 63.1 cm³/mol. The monoisotopic (exact) mass is 222 g/mol. The van der Waals surface area contributed by atoms with E-state index in [1.807, 2.05) is 0 Å². The normalized spacial score (nSPS) is 17.6. The largest absolute Gasteiger partial charge is 0.383 e. The molecule has 3 N–H and O–H groups in total. The van der Waals surface area contributed by atoms with Crippen molar-refractivity contribution in [1.82, 2.24) is 14.9 Å². The number of H-pyrrole nitrogens is 1. The summed E-state index contributed by atoms with van der Waals surface area (Å²) in [5.41, 5.74) is 6.28. The maximum absolute atomic E-state index is 11.7. The molecule has 1 aromatic rings. The molecule has 0 amide bonds. The molecule has 88 valence electrons. The second-order valence-corrected chi connectivity index (χ2v) is 4.35. The standard InChI is InChI=1S/C11H18N4O/c1-8-13-10(12)9(11(16)14-8)7-15-5-3-2-4-6-15/h2-7H2,1H3,(H3,12,13,14,16). The molecule has 5 heteroatoms. The number of piperidine rings is 1. The SMILES string of the molecule is Cc1nc(N)c(CN2CCCCC2)c(=O)[nH]1. The summed E-state index contributed by atoms with van der Waals surface area (Å²) in [6.45, 7) is 4.45. The van der Waals surface area contributed by atoms with Crippen LogP contribution in [0, 0.1) is 6.92 Å². The zero-order valence-corrected chi connectivity index (χ0v) is 9.62. The van der Waals surface area contributed by atoms with E-state index in [9.17, 15) is 4.79 Å². The molecule has 2 heterocycles. The molecular formula is C11H18N4O. The Bertz CT molecular complexity index is 420. The average Bonchev–Trinajstić information content (AvgIpc) is 2.25. The number of aromatic amines is 1. The van der Waals surface area contributed by atoms with Crippen molar-refractivity contribution in [3.63, 3.8) is 0 Å². The smallest absolute Gasteiger partial charge is 0.257 e. The molecule has 1 saturated heterocycles. The number of rotatable bonds is 2. The van der Waals surface area contributed by atoms with Crippen molar-refractivity contribution >= 4 is 5.82 Å². The van der Waals surface area contributed by atoms with Crippen molar-refractivity contribution in [3.8, 4) is 0 Å². The molecule has 1 aliphatic rings. The van der Waals surface area contributed by atoms with Gasteiger partial charge in [0, 0.05) is 6.54 Å². The highest BCUT2D eigenvalue weighted by molar-refractivity contribution is 5.37. The topological polar surface area (TPSA) is 75.0 Å². The van der Waals surface area contributed by atoms with Crippen molar-refractivity contribution < 1.29 is 0 Å². The Kier molecular flexibility index (Phi) is 3.24. The van der Waals surface area contributed by atoms with Crippen LogP contribution in [0.3, 0.4) is 0 Å². The summed E-state index contributed by atoms with van der Waals surface area (Å²) in [6, 6.07) is 0. The summed E-state index contributed by atoms with van der Waals surface area (Å²) < 4.78 is 0. The number of hydrogen-bond acceptors (Lipinski definition) is 4. The number of aryl methyl sites for hydroxylation is 1. The first kappa shape index (κ1) is 11.1. The third-order valence-corrected chi connectivity index (χ3v) is 3.00. The number of nitrogens with zero attached hydrogens (tertiary/aromatic N) is 2. The zero-order valence-electron chi connectivity index (χ0n) is 9.62. The lowest BCUT2D eigenvalue weighted by molar-refractivity contribution is 0.220. The van der Waals surface area contributed by atoms with Gasteiger partial charge < -0.3 is 10.7 Å². The maximum Gasteiger partial charge on any atom is 0.257 e. The molecule has 0 spiro atoms. The molecule has 1 aromatic heterocycles. The summed E-state index contributed by atoms with van der Waals surface area (Å²) >= 11 is 0. The van der Waals surface area contributed by atoms with Crippen LogP contribution in [0.5, 0.6) is 0 Å². The number of nitrogens with two attached hydrogens (primary N) is 1. The fourth-order valence-electron chi connectivity index (χ4n) is 2.13. The first-order valence-corrected chi connectivity index (χ1v) is 5.74. The van der Waals surface area contributed by atoms with Crippen molar-refractivity contribution in [2.24, 2.45) is 0 Å². The summed E-state index contributed by atoms with van der Waals surface area (Å²) in [5.74, 6) is 0.941. The Morgan fingerprint density at radius 3 is 2.69 bits per heavy atom. The van der Waals surface area contributed by atoms with Crippen LogP contribution < -0.4 is 11.3 Å². The molecule has 0 aliphatic carbocycles. The minimum atomic E-state index is -0.101. The number of aromatic nitrogens is 2. The van der Waals surface area contributed by atoms with Crippen LogP contribution >= 0.6 is 0 Å². The molecule has 0 radical (unpaired) electrons. The van der Waals surface area contributed by atoms with E-state index in [0.717, 1.165) is 13.1 Å². The van der Waals surface area contributed by atoms with E-state index in [2.05, 4.69) is 14.9 Å². The van der Waals surface area contributed by atoms with Crippen LogP contribution in [0.4, 0.5) is 5.82 Å². The van der Waals surface area contributed by atoms with Gasteiger partial charge in [-0.3, -0.25) is 9.69 Å². The maximum atomic E-state index is 11.7. The molecule has 1 fully saturated rings. The van der Waals surface area contributed by atoms with Gasteiger partial charge in [-0.05, 0) is 32.9 Å². The summed E-state index contributed by atoms with van der Waals surface area (Å²) in [6.07, 6.45) is 3.70. The molecule has 0 bridgehead atoms. The van der Waals surface area contributed by atoms with Gasteiger partial charge in [0.2, 0.25) is 0 Å².